The molecule has 0 radical (unpaired) electrons. The van der Waals surface area contributed by atoms with Crippen LogP contribution in [0.25, 0.3) is 32.5 Å². The molecule has 0 spiro atoms. The van der Waals surface area contributed by atoms with Crippen LogP contribution in [-0.4, -0.2) is 19.7 Å². The molecule has 3 aromatic heterocycles. The molecular weight excluding hydrogens is 473 g/mol. The van der Waals surface area contributed by atoms with Crippen molar-refractivity contribution in [2.24, 2.45) is 12.0 Å². The Morgan fingerprint density at radius 1 is 0.909 bits per heavy atom. The molecule has 2 N–H and O–H groups in total. The highest BCUT2D eigenvalue weighted by Crippen LogP contribution is 2.41. The molecule has 168 valence electrons. The first kappa shape index (κ1) is 21.0. The van der Waals surface area contributed by atoms with E-state index >= 15 is 0 Å². The van der Waals surface area contributed by atoms with E-state index < -0.39 is 0 Å². The second kappa shape index (κ2) is 8.05. The summed E-state index contributed by atoms with van der Waals surface area (Å²) in [6, 6.07) is 16.2. The van der Waals surface area contributed by atoms with Crippen LogP contribution in [0.15, 0.2) is 53.5 Å². The number of aryl methyl sites for hydroxylation is 1. The van der Waals surface area contributed by atoms with Crippen molar-refractivity contribution < 1.29 is 0 Å². The van der Waals surface area contributed by atoms with Gasteiger partial charge in [0.2, 0.25) is 4.80 Å². The predicted molar refractivity (Wildman–Crippen MR) is 137 cm³/mol. The largest absolute Gasteiger partial charge is 0.356 e. The summed E-state index contributed by atoms with van der Waals surface area (Å²) in [4.78, 5) is 13.4. The Kier molecular flexibility index (Phi) is 5.13. The van der Waals surface area contributed by atoms with Crippen molar-refractivity contribution in [2.45, 2.75) is 37.6 Å². The zero-order valence-electron chi connectivity index (χ0n) is 18.2. The number of hydrogen-bond acceptors (Lipinski definition) is 3. The number of hydrogen-bond donors (Lipinski definition) is 2. The highest BCUT2D eigenvalue weighted by molar-refractivity contribution is 7.12. The van der Waals surface area contributed by atoms with E-state index in [1.54, 1.807) is 11.3 Å². The molecule has 0 atom stereocenters. The van der Waals surface area contributed by atoms with E-state index in [-0.39, 0.29) is 5.54 Å². The van der Waals surface area contributed by atoms with Crippen molar-refractivity contribution in [3.05, 3.63) is 69.1 Å². The van der Waals surface area contributed by atoms with Crippen LogP contribution >= 0.6 is 34.5 Å². The molecule has 33 heavy (non-hydrogen) atoms. The van der Waals surface area contributed by atoms with E-state index in [2.05, 4.69) is 22.1 Å². The molecule has 1 saturated carbocycles. The highest BCUT2D eigenvalue weighted by atomic mass is 35.5. The second-order valence-corrected chi connectivity index (χ2v) is 10.7. The number of halogens is 2. The van der Waals surface area contributed by atoms with Crippen molar-refractivity contribution in [2.75, 3.05) is 0 Å². The van der Waals surface area contributed by atoms with E-state index in [1.165, 1.54) is 6.42 Å². The van der Waals surface area contributed by atoms with Gasteiger partial charge in [-0.15, -0.1) is 0 Å². The van der Waals surface area contributed by atoms with Crippen LogP contribution in [0.2, 0.25) is 10.0 Å². The summed E-state index contributed by atoms with van der Waals surface area (Å²) in [5.74, 6) is 0. The highest BCUT2D eigenvalue weighted by Gasteiger charge is 2.35. The lowest BCUT2D eigenvalue weighted by molar-refractivity contribution is 0.291. The molecule has 1 aliphatic rings. The van der Waals surface area contributed by atoms with Crippen LogP contribution < -0.4 is 4.80 Å². The molecule has 6 rings (SSSR count). The maximum absolute atomic E-state index is 6.24. The molecule has 5 nitrogen and oxygen atoms in total. The molecule has 0 aliphatic heterocycles. The van der Waals surface area contributed by atoms with Gasteiger partial charge < -0.3 is 9.97 Å². The van der Waals surface area contributed by atoms with Crippen LogP contribution in [0.5, 0.6) is 0 Å². The minimum Gasteiger partial charge on any atom is -0.356 e. The zero-order valence-corrected chi connectivity index (χ0v) is 20.5. The third-order valence-corrected chi connectivity index (χ3v) is 8.10. The van der Waals surface area contributed by atoms with Crippen molar-refractivity contribution in [1.82, 2.24) is 19.7 Å². The van der Waals surface area contributed by atoms with Crippen LogP contribution in [-0.2, 0) is 12.6 Å². The van der Waals surface area contributed by atoms with Crippen molar-refractivity contribution in [1.29, 1.82) is 0 Å². The van der Waals surface area contributed by atoms with Crippen LogP contribution in [0, 0.1) is 0 Å². The van der Waals surface area contributed by atoms with Gasteiger partial charge in [-0.3, -0.25) is 0 Å². The number of benzene rings is 2. The summed E-state index contributed by atoms with van der Waals surface area (Å²) in [6.45, 7) is 0. The average molecular weight is 496 g/mol. The lowest BCUT2D eigenvalue weighted by atomic mass is 9.80. The smallest absolute Gasteiger partial charge is 0.204 e. The summed E-state index contributed by atoms with van der Waals surface area (Å²) in [7, 11) is 1.97. The minimum atomic E-state index is -0.278. The van der Waals surface area contributed by atoms with Gasteiger partial charge in [-0.05, 0) is 61.4 Å². The summed E-state index contributed by atoms with van der Waals surface area (Å²) >= 11 is 14.0. The topological polar surface area (TPSA) is 61.8 Å². The molecular formula is C25H23Cl2N5S. The summed E-state index contributed by atoms with van der Waals surface area (Å²) in [5.41, 5.74) is 4.01. The Morgan fingerprint density at radius 2 is 1.58 bits per heavy atom. The zero-order chi connectivity index (χ0) is 22.6. The molecule has 1 aliphatic carbocycles. The van der Waals surface area contributed by atoms with Gasteiger partial charge in [0.25, 0.3) is 0 Å². The SMILES string of the molecule is Cn1nc(-c2cc3cc(Cl)ccc3[nH]2)sc1=NC1(c2cc3cc(Cl)ccc3[nH]2)CCCCC1. The van der Waals surface area contributed by atoms with E-state index in [1.807, 2.05) is 48.1 Å². The molecule has 3 heterocycles. The fraction of sp³-hybridized carbons (Fsp3) is 0.280. The third kappa shape index (κ3) is 3.80. The first-order valence-corrected chi connectivity index (χ1v) is 12.7. The number of H-pyrrole nitrogens is 2. The van der Waals surface area contributed by atoms with Gasteiger partial charge in [-0.1, -0.05) is 53.8 Å². The van der Waals surface area contributed by atoms with E-state index in [0.29, 0.717) is 0 Å². The number of fused-ring (bicyclic) bond motifs is 2. The Morgan fingerprint density at radius 3 is 2.30 bits per heavy atom. The number of rotatable bonds is 3. The predicted octanol–water partition coefficient (Wildman–Crippen LogP) is 7.18. The molecule has 5 aromatic rings. The molecule has 0 saturated heterocycles. The number of aromatic amines is 2. The van der Waals surface area contributed by atoms with Gasteiger partial charge in [0, 0.05) is 44.6 Å². The van der Waals surface area contributed by atoms with Crippen LogP contribution in [0.1, 0.15) is 37.8 Å². The fourth-order valence-corrected chi connectivity index (χ4v) is 6.20. The van der Waals surface area contributed by atoms with Gasteiger partial charge >= 0.3 is 0 Å². The summed E-state index contributed by atoms with van der Waals surface area (Å²) in [6.07, 6.45) is 5.62. The van der Waals surface area contributed by atoms with Crippen LogP contribution in [0.4, 0.5) is 0 Å². The van der Waals surface area contributed by atoms with Gasteiger partial charge in [0.1, 0.15) is 5.54 Å². The summed E-state index contributed by atoms with van der Waals surface area (Å²) < 4.78 is 1.90. The number of aromatic nitrogens is 4. The number of nitrogens with zero attached hydrogens (tertiary/aromatic N) is 3. The minimum absolute atomic E-state index is 0.278. The van der Waals surface area contributed by atoms with Crippen molar-refractivity contribution in [3.8, 4) is 10.7 Å². The molecule has 0 amide bonds. The van der Waals surface area contributed by atoms with Gasteiger partial charge in [-0.25, -0.2) is 9.67 Å². The standard InChI is InChI=1S/C25H23Cl2N5S/c1-32-24(33-23(31-32)21-13-15-11-17(26)5-7-19(15)28-21)30-25(9-3-2-4-10-25)22-14-16-12-18(27)6-8-20(16)29-22/h5-8,11-14,28-29H,2-4,9-10H2,1H3. The van der Waals surface area contributed by atoms with E-state index in [4.69, 9.17) is 33.3 Å². The average Bonchev–Trinajstić information content (AvgIpc) is 3.51. The molecule has 0 bridgehead atoms. The second-order valence-electron chi connectivity index (χ2n) is 8.85. The Bertz CT molecular complexity index is 1550. The Labute approximate surface area is 205 Å². The maximum atomic E-state index is 6.24. The quantitative estimate of drug-likeness (QED) is 0.273. The van der Waals surface area contributed by atoms with Crippen molar-refractivity contribution in [3.63, 3.8) is 0 Å². The number of nitrogens with one attached hydrogen (secondary N) is 2. The Hall–Kier alpha value is -2.54. The Balaban J connectivity index is 1.46. The summed E-state index contributed by atoms with van der Waals surface area (Å²) in [5, 5.41) is 9.39. The molecule has 8 heteroatoms. The lowest BCUT2D eigenvalue weighted by Gasteiger charge is -2.32. The van der Waals surface area contributed by atoms with E-state index in [0.717, 1.165) is 78.7 Å². The maximum Gasteiger partial charge on any atom is 0.204 e. The van der Waals surface area contributed by atoms with E-state index in [9.17, 15) is 0 Å². The first-order valence-electron chi connectivity index (χ1n) is 11.2. The first-order chi connectivity index (χ1) is 16.0. The van der Waals surface area contributed by atoms with Gasteiger partial charge in [-0.2, -0.15) is 5.10 Å². The van der Waals surface area contributed by atoms with Gasteiger partial charge in [0.05, 0.1) is 5.69 Å². The van der Waals surface area contributed by atoms with Crippen molar-refractivity contribution >= 4 is 56.3 Å². The lowest BCUT2D eigenvalue weighted by Crippen LogP contribution is -2.31. The molecule has 1 fully saturated rings. The van der Waals surface area contributed by atoms with Gasteiger partial charge in [0.15, 0.2) is 5.01 Å². The molecule has 2 aromatic carbocycles. The third-order valence-electron chi connectivity index (χ3n) is 6.59. The normalized spacial score (nSPS) is 16.8. The monoisotopic (exact) mass is 495 g/mol. The fourth-order valence-electron chi connectivity index (χ4n) is 4.89. The molecule has 0 unspecified atom stereocenters. The van der Waals surface area contributed by atoms with Crippen LogP contribution in [0.3, 0.4) is 0 Å².